The number of rotatable bonds is 3. The molecule has 0 amide bonds. The van der Waals surface area contributed by atoms with Crippen molar-refractivity contribution in [3.05, 3.63) is 39.7 Å². The lowest BCUT2D eigenvalue weighted by Gasteiger charge is -2.03. The Kier molecular flexibility index (Phi) is 3.01. The van der Waals surface area contributed by atoms with Crippen molar-refractivity contribution in [1.82, 2.24) is 9.36 Å². The van der Waals surface area contributed by atoms with Crippen LogP contribution in [-0.4, -0.2) is 14.3 Å². The number of nitro benzene ring substituents is 1. The van der Waals surface area contributed by atoms with E-state index in [1.54, 1.807) is 19.1 Å². The first-order valence-corrected chi connectivity index (χ1v) is 5.57. The first kappa shape index (κ1) is 11.5. The van der Waals surface area contributed by atoms with Gasteiger partial charge in [0.1, 0.15) is 5.82 Å². The predicted octanol–water partition coefficient (Wildman–Crippen LogP) is 2.86. The number of aromatic nitrogens is 2. The number of ether oxygens (including phenoxy) is 1. The Hall–Kier alpha value is -2.02. The number of nitro groups is 1. The van der Waals surface area contributed by atoms with Crippen molar-refractivity contribution in [2.45, 2.75) is 13.8 Å². The van der Waals surface area contributed by atoms with Crippen molar-refractivity contribution in [2.75, 3.05) is 0 Å². The summed E-state index contributed by atoms with van der Waals surface area (Å²) in [6.07, 6.45) is 0. The lowest BCUT2D eigenvalue weighted by atomic mass is 10.2. The van der Waals surface area contributed by atoms with Crippen molar-refractivity contribution in [3.8, 4) is 10.9 Å². The second-order valence-corrected chi connectivity index (χ2v) is 4.15. The smallest absolute Gasteiger partial charge is 0.311 e. The molecule has 0 saturated heterocycles. The molecule has 2 aromatic rings. The predicted molar refractivity (Wildman–Crippen MR) is 62.6 cm³/mol. The van der Waals surface area contributed by atoms with E-state index in [-0.39, 0.29) is 11.4 Å². The van der Waals surface area contributed by atoms with Crippen LogP contribution in [0.3, 0.4) is 0 Å². The quantitative estimate of drug-likeness (QED) is 0.619. The molecular formula is C10H9N3O3S. The summed E-state index contributed by atoms with van der Waals surface area (Å²) >= 11 is 1.06. The maximum Gasteiger partial charge on any atom is 0.311 e. The molecule has 1 aromatic heterocycles. The van der Waals surface area contributed by atoms with Gasteiger partial charge in [0.2, 0.25) is 5.75 Å². The first-order chi connectivity index (χ1) is 8.06. The highest BCUT2D eigenvalue weighted by Gasteiger charge is 2.17. The third-order valence-corrected chi connectivity index (χ3v) is 2.70. The summed E-state index contributed by atoms with van der Waals surface area (Å²) in [7, 11) is 0. The van der Waals surface area contributed by atoms with Crippen molar-refractivity contribution >= 4 is 17.2 Å². The Morgan fingerprint density at radius 3 is 2.76 bits per heavy atom. The van der Waals surface area contributed by atoms with Gasteiger partial charge in [-0.2, -0.15) is 9.36 Å². The van der Waals surface area contributed by atoms with Crippen LogP contribution in [0.1, 0.15) is 11.4 Å². The maximum absolute atomic E-state index is 10.8. The average molecular weight is 251 g/mol. The van der Waals surface area contributed by atoms with Crippen LogP contribution in [0.25, 0.3) is 0 Å². The maximum atomic E-state index is 10.8. The molecule has 0 spiro atoms. The number of hydrogen-bond acceptors (Lipinski definition) is 6. The molecule has 0 N–H and O–H groups in total. The molecule has 1 heterocycles. The highest BCUT2D eigenvalue weighted by atomic mass is 32.1. The Balaban J connectivity index is 2.37. The van der Waals surface area contributed by atoms with Gasteiger partial charge in [0.15, 0.2) is 0 Å². The number of aryl methyl sites for hydroxylation is 2. The topological polar surface area (TPSA) is 78.2 Å². The van der Waals surface area contributed by atoms with E-state index in [9.17, 15) is 10.1 Å². The zero-order chi connectivity index (χ0) is 12.4. The van der Waals surface area contributed by atoms with Crippen molar-refractivity contribution in [3.63, 3.8) is 0 Å². The van der Waals surface area contributed by atoms with E-state index in [1.165, 1.54) is 6.07 Å². The molecule has 0 unspecified atom stereocenters. The van der Waals surface area contributed by atoms with Crippen LogP contribution in [0, 0.1) is 24.0 Å². The lowest BCUT2D eigenvalue weighted by Crippen LogP contribution is -1.93. The summed E-state index contributed by atoms with van der Waals surface area (Å²) in [4.78, 5) is 14.3. The van der Waals surface area contributed by atoms with Crippen molar-refractivity contribution < 1.29 is 9.66 Å². The second kappa shape index (κ2) is 4.46. The van der Waals surface area contributed by atoms with Crippen LogP contribution < -0.4 is 4.74 Å². The molecule has 88 valence electrons. The SMILES string of the molecule is Cc1ccc([N+](=O)[O-])c(Oc2nc(C)ns2)c1. The molecule has 6 nitrogen and oxygen atoms in total. The van der Waals surface area contributed by atoms with Crippen LogP contribution in [0.4, 0.5) is 5.69 Å². The summed E-state index contributed by atoms with van der Waals surface area (Å²) in [5.74, 6) is 0.770. The summed E-state index contributed by atoms with van der Waals surface area (Å²) in [6.45, 7) is 3.57. The standard InChI is InChI=1S/C10H9N3O3S/c1-6-3-4-8(13(14)15)9(5-6)16-10-11-7(2)12-17-10/h3-5H,1-2H3. The van der Waals surface area contributed by atoms with E-state index >= 15 is 0 Å². The van der Waals surface area contributed by atoms with Crippen LogP contribution >= 0.6 is 11.5 Å². The minimum absolute atomic E-state index is 0.0801. The third-order valence-electron chi connectivity index (χ3n) is 2.02. The molecular weight excluding hydrogens is 242 g/mol. The van der Waals surface area contributed by atoms with Gasteiger partial charge in [-0.05, 0) is 25.5 Å². The van der Waals surface area contributed by atoms with Crippen LogP contribution in [0.2, 0.25) is 0 Å². The molecule has 0 aliphatic heterocycles. The monoisotopic (exact) mass is 251 g/mol. The molecule has 0 fully saturated rings. The van der Waals surface area contributed by atoms with E-state index < -0.39 is 4.92 Å². The van der Waals surface area contributed by atoms with Crippen LogP contribution in [0.15, 0.2) is 18.2 Å². The summed E-state index contributed by atoms with van der Waals surface area (Å²) in [5.41, 5.74) is 0.801. The fraction of sp³-hybridized carbons (Fsp3) is 0.200. The lowest BCUT2D eigenvalue weighted by molar-refractivity contribution is -0.385. The van der Waals surface area contributed by atoms with Gasteiger partial charge in [0.05, 0.1) is 4.92 Å². The van der Waals surface area contributed by atoms with Gasteiger partial charge < -0.3 is 4.74 Å². The van der Waals surface area contributed by atoms with E-state index in [1.807, 2.05) is 6.92 Å². The highest BCUT2D eigenvalue weighted by Crippen LogP contribution is 2.32. The number of benzene rings is 1. The van der Waals surface area contributed by atoms with E-state index in [4.69, 9.17) is 4.74 Å². The molecule has 0 atom stereocenters. The number of hydrogen-bond donors (Lipinski definition) is 0. The molecule has 17 heavy (non-hydrogen) atoms. The summed E-state index contributed by atoms with van der Waals surface area (Å²) in [6, 6.07) is 4.68. The molecule has 0 radical (unpaired) electrons. The first-order valence-electron chi connectivity index (χ1n) is 4.79. The zero-order valence-electron chi connectivity index (χ0n) is 9.21. The number of nitrogens with zero attached hydrogens (tertiary/aromatic N) is 3. The van der Waals surface area contributed by atoms with E-state index in [2.05, 4.69) is 9.36 Å². The average Bonchev–Trinajstić information content (AvgIpc) is 2.63. The second-order valence-electron chi connectivity index (χ2n) is 3.44. The van der Waals surface area contributed by atoms with Crippen LogP contribution in [0.5, 0.6) is 10.9 Å². The Morgan fingerprint density at radius 1 is 1.41 bits per heavy atom. The summed E-state index contributed by atoms with van der Waals surface area (Å²) in [5, 5.41) is 11.1. The fourth-order valence-electron chi connectivity index (χ4n) is 1.27. The van der Waals surface area contributed by atoms with E-state index in [0.29, 0.717) is 11.0 Å². The normalized spacial score (nSPS) is 10.2. The Bertz CT molecular complexity index is 568. The van der Waals surface area contributed by atoms with Gasteiger partial charge in [-0.3, -0.25) is 10.1 Å². The van der Waals surface area contributed by atoms with Gasteiger partial charge in [-0.25, -0.2) is 0 Å². The van der Waals surface area contributed by atoms with Gasteiger partial charge >= 0.3 is 5.69 Å². The molecule has 0 bridgehead atoms. The van der Waals surface area contributed by atoms with E-state index in [0.717, 1.165) is 17.1 Å². The Morgan fingerprint density at radius 2 is 2.18 bits per heavy atom. The molecule has 0 aliphatic rings. The minimum Gasteiger partial charge on any atom is -0.422 e. The molecule has 0 aliphatic carbocycles. The van der Waals surface area contributed by atoms with Gasteiger partial charge in [0, 0.05) is 17.6 Å². The highest BCUT2D eigenvalue weighted by molar-refractivity contribution is 7.07. The Labute approximate surface area is 101 Å². The van der Waals surface area contributed by atoms with Crippen molar-refractivity contribution in [2.24, 2.45) is 0 Å². The van der Waals surface area contributed by atoms with Gasteiger partial charge in [-0.15, -0.1) is 0 Å². The molecule has 0 saturated carbocycles. The third kappa shape index (κ3) is 2.56. The molecule has 2 rings (SSSR count). The van der Waals surface area contributed by atoms with Crippen LogP contribution in [-0.2, 0) is 0 Å². The largest absolute Gasteiger partial charge is 0.422 e. The van der Waals surface area contributed by atoms with Gasteiger partial charge in [0.25, 0.3) is 5.19 Å². The molecule has 1 aromatic carbocycles. The minimum atomic E-state index is -0.483. The molecule has 7 heteroatoms. The zero-order valence-corrected chi connectivity index (χ0v) is 10.0. The summed E-state index contributed by atoms with van der Waals surface area (Å²) < 4.78 is 9.32. The fourth-order valence-corrected chi connectivity index (χ4v) is 1.82. The van der Waals surface area contributed by atoms with Crippen molar-refractivity contribution in [1.29, 1.82) is 0 Å². The van der Waals surface area contributed by atoms with Gasteiger partial charge in [-0.1, -0.05) is 6.07 Å².